The summed E-state index contributed by atoms with van der Waals surface area (Å²) in [5, 5.41) is 3.14. The van der Waals surface area contributed by atoms with Crippen molar-refractivity contribution in [2.45, 2.75) is 38.3 Å². The second kappa shape index (κ2) is 8.69. The summed E-state index contributed by atoms with van der Waals surface area (Å²) < 4.78 is 1.90. The number of rotatable bonds is 6. The average Bonchev–Trinajstić information content (AvgIpc) is 2.96. The minimum atomic E-state index is 0.0713. The molecule has 1 fully saturated rings. The van der Waals surface area contributed by atoms with Gasteiger partial charge in [-0.3, -0.25) is 9.69 Å². The highest BCUT2D eigenvalue weighted by atomic mass is 16.1. The van der Waals surface area contributed by atoms with E-state index in [9.17, 15) is 4.79 Å². The third-order valence-electron chi connectivity index (χ3n) is 4.75. The van der Waals surface area contributed by atoms with E-state index < -0.39 is 0 Å². The lowest BCUT2D eigenvalue weighted by Crippen LogP contribution is -2.39. The van der Waals surface area contributed by atoms with E-state index in [1.807, 2.05) is 35.2 Å². The highest BCUT2D eigenvalue weighted by molar-refractivity contribution is 5.75. The predicted octanol–water partition coefficient (Wildman–Crippen LogP) is 3.22. The van der Waals surface area contributed by atoms with Gasteiger partial charge in [0.25, 0.3) is 0 Å². The number of aromatic nitrogens is 1. The Morgan fingerprint density at radius 3 is 2.29 bits per heavy atom. The summed E-state index contributed by atoms with van der Waals surface area (Å²) in [5.41, 5.74) is 1.29. The van der Waals surface area contributed by atoms with Crippen molar-refractivity contribution < 1.29 is 4.79 Å². The van der Waals surface area contributed by atoms with Crippen molar-refractivity contribution in [3.63, 3.8) is 0 Å². The number of likely N-dealkylation sites (tertiary alicyclic amines) is 1. The topological polar surface area (TPSA) is 37.3 Å². The van der Waals surface area contributed by atoms with Gasteiger partial charge in [-0.1, -0.05) is 43.2 Å². The highest BCUT2D eigenvalue weighted by Crippen LogP contribution is 2.23. The molecule has 1 aromatic heterocycles. The molecule has 128 valence electrons. The number of amides is 1. The van der Waals surface area contributed by atoms with Crippen LogP contribution in [0.2, 0.25) is 0 Å². The maximum Gasteiger partial charge on any atom is 0.239 e. The Labute approximate surface area is 144 Å². The zero-order chi connectivity index (χ0) is 16.6. The number of nitrogens with zero attached hydrogens (tertiary/aromatic N) is 2. The molecule has 3 rings (SSSR count). The summed E-state index contributed by atoms with van der Waals surface area (Å²) >= 11 is 0. The van der Waals surface area contributed by atoms with Crippen LogP contribution in [-0.4, -0.2) is 35.0 Å². The Morgan fingerprint density at radius 1 is 0.958 bits per heavy atom. The smallest absolute Gasteiger partial charge is 0.239 e. The molecule has 0 spiro atoms. The van der Waals surface area contributed by atoms with E-state index in [0.29, 0.717) is 13.1 Å². The van der Waals surface area contributed by atoms with Crippen LogP contribution >= 0.6 is 0 Å². The summed E-state index contributed by atoms with van der Waals surface area (Å²) in [4.78, 5) is 14.8. The summed E-state index contributed by atoms with van der Waals surface area (Å²) in [6.07, 6.45) is 8.98. The van der Waals surface area contributed by atoms with E-state index in [0.717, 1.165) is 13.1 Å². The molecule has 1 aromatic carbocycles. The normalized spacial score (nSPS) is 17.2. The monoisotopic (exact) mass is 325 g/mol. The molecule has 0 unspecified atom stereocenters. The molecule has 2 aromatic rings. The third kappa shape index (κ3) is 4.71. The minimum Gasteiger partial charge on any atom is -0.353 e. The zero-order valence-corrected chi connectivity index (χ0v) is 14.2. The summed E-state index contributed by atoms with van der Waals surface area (Å²) in [6.45, 7) is 3.29. The fourth-order valence-corrected chi connectivity index (χ4v) is 3.45. The number of benzene rings is 1. The van der Waals surface area contributed by atoms with Gasteiger partial charge in [0, 0.05) is 18.9 Å². The lowest BCUT2D eigenvalue weighted by Gasteiger charge is -2.31. The molecule has 1 N–H and O–H groups in total. The average molecular weight is 325 g/mol. The van der Waals surface area contributed by atoms with Crippen LogP contribution in [0.4, 0.5) is 0 Å². The van der Waals surface area contributed by atoms with E-state index in [1.54, 1.807) is 0 Å². The van der Waals surface area contributed by atoms with Crippen molar-refractivity contribution in [2.24, 2.45) is 0 Å². The molecule has 24 heavy (non-hydrogen) atoms. The van der Waals surface area contributed by atoms with Crippen molar-refractivity contribution in [1.29, 1.82) is 0 Å². The van der Waals surface area contributed by atoms with Crippen LogP contribution in [0.25, 0.3) is 0 Å². The molecule has 4 heteroatoms. The van der Waals surface area contributed by atoms with E-state index in [2.05, 4.69) is 34.5 Å². The number of hydrogen-bond donors (Lipinski definition) is 1. The SMILES string of the molecule is O=C(Cn1cccc1)NC[C@H](c1ccccc1)N1CCCCCC1. The molecule has 0 saturated carbocycles. The van der Waals surface area contributed by atoms with Crippen molar-refractivity contribution in [3.8, 4) is 0 Å². The first-order valence-corrected chi connectivity index (χ1v) is 8.99. The predicted molar refractivity (Wildman–Crippen MR) is 96.7 cm³/mol. The number of carbonyl (C=O) groups is 1. The standard InChI is InChI=1S/C20H27N3O/c24-20(17-22-12-8-9-13-22)21-16-19(18-10-4-3-5-11-18)23-14-6-1-2-7-15-23/h3-5,8-13,19H,1-2,6-7,14-17H2,(H,21,24)/t19-/m1/s1. The van der Waals surface area contributed by atoms with E-state index >= 15 is 0 Å². The summed E-state index contributed by atoms with van der Waals surface area (Å²) in [5.74, 6) is 0.0713. The van der Waals surface area contributed by atoms with Gasteiger partial charge in [-0.15, -0.1) is 0 Å². The Hall–Kier alpha value is -2.07. The van der Waals surface area contributed by atoms with Gasteiger partial charge in [-0.05, 0) is 43.6 Å². The number of hydrogen-bond acceptors (Lipinski definition) is 2. The fraction of sp³-hybridized carbons (Fsp3) is 0.450. The third-order valence-corrected chi connectivity index (χ3v) is 4.75. The van der Waals surface area contributed by atoms with Crippen LogP contribution in [0.1, 0.15) is 37.3 Å². The van der Waals surface area contributed by atoms with E-state index in [4.69, 9.17) is 0 Å². The molecule has 0 radical (unpaired) electrons. The maximum absolute atomic E-state index is 12.2. The highest BCUT2D eigenvalue weighted by Gasteiger charge is 2.21. The van der Waals surface area contributed by atoms with Crippen LogP contribution in [-0.2, 0) is 11.3 Å². The van der Waals surface area contributed by atoms with E-state index in [1.165, 1.54) is 31.2 Å². The Balaban J connectivity index is 1.64. The van der Waals surface area contributed by atoms with Crippen LogP contribution in [0.15, 0.2) is 54.9 Å². The molecule has 1 amide bonds. The lowest BCUT2D eigenvalue weighted by molar-refractivity contribution is -0.121. The van der Waals surface area contributed by atoms with Crippen LogP contribution in [0.5, 0.6) is 0 Å². The van der Waals surface area contributed by atoms with Crippen molar-refractivity contribution in [3.05, 3.63) is 60.4 Å². The van der Waals surface area contributed by atoms with Gasteiger partial charge in [0.2, 0.25) is 5.91 Å². The molecular weight excluding hydrogens is 298 g/mol. The molecule has 0 bridgehead atoms. The van der Waals surface area contributed by atoms with Gasteiger partial charge >= 0.3 is 0 Å². The second-order valence-corrected chi connectivity index (χ2v) is 6.54. The molecular formula is C20H27N3O. The minimum absolute atomic E-state index is 0.0713. The molecule has 1 saturated heterocycles. The molecule has 1 atom stereocenters. The second-order valence-electron chi connectivity index (χ2n) is 6.54. The number of carbonyl (C=O) groups excluding carboxylic acids is 1. The Kier molecular flexibility index (Phi) is 6.07. The molecule has 4 nitrogen and oxygen atoms in total. The first kappa shape index (κ1) is 16.8. The van der Waals surface area contributed by atoms with Gasteiger partial charge in [0.1, 0.15) is 6.54 Å². The quantitative estimate of drug-likeness (QED) is 0.885. The Morgan fingerprint density at radius 2 is 1.62 bits per heavy atom. The van der Waals surface area contributed by atoms with Crippen LogP contribution in [0, 0.1) is 0 Å². The van der Waals surface area contributed by atoms with E-state index in [-0.39, 0.29) is 11.9 Å². The molecule has 0 aliphatic carbocycles. The van der Waals surface area contributed by atoms with Gasteiger partial charge in [0.15, 0.2) is 0 Å². The lowest BCUT2D eigenvalue weighted by atomic mass is 10.0. The Bertz CT molecular complexity index is 601. The first-order valence-electron chi connectivity index (χ1n) is 8.99. The van der Waals surface area contributed by atoms with Gasteiger partial charge in [0.05, 0.1) is 6.04 Å². The molecule has 1 aliphatic rings. The van der Waals surface area contributed by atoms with Gasteiger partial charge < -0.3 is 9.88 Å². The fourth-order valence-electron chi connectivity index (χ4n) is 3.45. The summed E-state index contributed by atoms with van der Waals surface area (Å²) in [7, 11) is 0. The largest absolute Gasteiger partial charge is 0.353 e. The molecule has 1 aliphatic heterocycles. The maximum atomic E-state index is 12.2. The van der Waals surface area contributed by atoms with Crippen molar-refractivity contribution in [1.82, 2.24) is 14.8 Å². The van der Waals surface area contributed by atoms with Gasteiger partial charge in [-0.2, -0.15) is 0 Å². The summed E-state index contributed by atoms with van der Waals surface area (Å²) in [6, 6.07) is 14.7. The van der Waals surface area contributed by atoms with Gasteiger partial charge in [-0.25, -0.2) is 0 Å². The number of nitrogens with one attached hydrogen (secondary N) is 1. The molecule has 2 heterocycles. The zero-order valence-electron chi connectivity index (χ0n) is 14.2. The van der Waals surface area contributed by atoms with Crippen LogP contribution in [0.3, 0.4) is 0 Å². The van der Waals surface area contributed by atoms with Crippen LogP contribution < -0.4 is 5.32 Å². The van der Waals surface area contributed by atoms with Crippen molar-refractivity contribution >= 4 is 5.91 Å². The first-order chi connectivity index (χ1) is 11.8. The van der Waals surface area contributed by atoms with Crippen molar-refractivity contribution in [2.75, 3.05) is 19.6 Å².